The van der Waals surface area contributed by atoms with Crippen molar-refractivity contribution in [3.63, 3.8) is 0 Å². The predicted molar refractivity (Wildman–Crippen MR) is 64.4 cm³/mol. The average molecular weight is 228 g/mol. The molecule has 0 aromatic carbocycles. The number of amides is 1. The van der Waals surface area contributed by atoms with Gasteiger partial charge in [-0.05, 0) is 33.1 Å². The van der Waals surface area contributed by atoms with Crippen LogP contribution < -0.4 is 10.6 Å². The van der Waals surface area contributed by atoms with Crippen molar-refractivity contribution in [2.75, 3.05) is 19.7 Å². The normalized spacial score (nSPS) is 26.7. The molecule has 1 amide bonds. The van der Waals surface area contributed by atoms with Gasteiger partial charge in [0.1, 0.15) is 0 Å². The highest BCUT2D eigenvalue weighted by atomic mass is 16.5. The van der Waals surface area contributed by atoms with Crippen molar-refractivity contribution in [3.05, 3.63) is 0 Å². The molecule has 2 N–H and O–H groups in total. The summed E-state index contributed by atoms with van der Waals surface area (Å²) in [5.74, 6) is 0.0657. The van der Waals surface area contributed by atoms with Crippen LogP contribution >= 0.6 is 0 Å². The van der Waals surface area contributed by atoms with E-state index in [2.05, 4.69) is 24.5 Å². The number of carbonyl (C=O) groups is 1. The van der Waals surface area contributed by atoms with E-state index in [1.165, 1.54) is 0 Å². The van der Waals surface area contributed by atoms with Crippen molar-refractivity contribution in [1.82, 2.24) is 10.6 Å². The zero-order valence-electron chi connectivity index (χ0n) is 10.6. The first kappa shape index (κ1) is 13.5. The molecule has 0 saturated carbocycles. The Morgan fingerprint density at radius 2 is 2.31 bits per heavy atom. The number of nitrogens with one attached hydrogen (secondary N) is 2. The van der Waals surface area contributed by atoms with Crippen molar-refractivity contribution in [2.24, 2.45) is 0 Å². The van der Waals surface area contributed by atoms with Crippen molar-refractivity contribution in [2.45, 2.75) is 51.7 Å². The van der Waals surface area contributed by atoms with Gasteiger partial charge in [0.25, 0.3) is 0 Å². The Labute approximate surface area is 98.1 Å². The molecule has 1 saturated heterocycles. The molecule has 2 atom stereocenters. The Morgan fingerprint density at radius 1 is 1.56 bits per heavy atom. The molecule has 1 fully saturated rings. The first-order valence-electron chi connectivity index (χ1n) is 6.20. The van der Waals surface area contributed by atoms with Gasteiger partial charge in [0.15, 0.2) is 0 Å². The van der Waals surface area contributed by atoms with Gasteiger partial charge in [-0.1, -0.05) is 6.92 Å². The van der Waals surface area contributed by atoms with Gasteiger partial charge in [0.2, 0.25) is 5.91 Å². The van der Waals surface area contributed by atoms with E-state index in [0.29, 0.717) is 6.54 Å². The highest BCUT2D eigenvalue weighted by Gasteiger charge is 2.29. The molecule has 0 radical (unpaired) electrons. The van der Waals surface area contributed by atoms with Gasteiger partial charge in [0, 0.05) is 19.2 Å². The van der Waals surface area contributed by atoms with E-state index in [9.17, 15) is 4.79 Å². The molecule has 1 heterocycles. The third-order valence-electron chi connectivity index (χ3n) is 3.10. The van der Waals surface area contributed by atoms with Crippen molar-refractivity contribution in [3.8, 4) is 0 Å². The second-order valence-corrected chi connectivity index (χ2v) is 4.88. The molecule has 0 bridgehead atoms. The maximum atomic E-state index is 11.5. The van der Waals surface area contributed by atoms with Gasteiger partial charge < -0.3 is 15.4 Å². The molecular formula is C12H24N2O2. The quantitative estimate of drug-likeness (QED) is 0.714. The fourth-order valence-corrected chi connectivity index (χ4v) is 1.84. The molecule has 0 spiro atoms. The Morgan fingerprint density at radius 3 is 2.88 bits per heavy atom. The summed E-state index contributed by atoms with van der Waals surface area (Å²) in [6.07, 6.45) is 3.16. The highest BCUT2D eigenvalue weighted by molar-refractivity contribution is 5.78. The summed E-state index contributed by atoms with van der Waals surface area (Å²) in [6.45, 7) is 8.14. The fraction of sp³-hybridized carbons (Fsp3) is 0.917. The van der Waals surface area contributed by atoms with E-state index in [4.69, 9.17) is 4.74 Å². The summed E-state index contributed by atoms with van der Waals surface area (Å²) in [5.41, 5.74) is -0.0728. The smallest absolute Gasteiger partial charge is 0.234 e. The van der Waals surface area contributed by atoms with Gasteiger partial charge in [0.05, 0.1) is 12.1 Å². The molecule has 1 aliphatic heterocycles. The molecule has 2 unspecified atom stereocenters. The minimum absolute atomic E-state index is 0.0657. The van der Waals surface area contributed by atoms with Crippen LogP contribution in [0.5, 0.6) is 0 Å². The minimum atomic E-state index is -0.0728. The summed E-state index contributed by atoms with van der Waals surface area (Å²) in [5, 5.41) is 6.09. The summed E-state index contributed by atoms with van der Waals surface area (Å²) in [4.78, 5) is 11.5. The standard InChI is InChI=1S/C12H24N2O2/c1-4-10(2)14-11(15)8-13-9-12(3)6-5-7-16-12/h10,13H,4-9H2,1-3H3,(H,14,15). The third kappa shape index (κ3) is 4.49. The lowest BCUT2D eigenvalue weighted by atomic mass is 10.0. The van der Waals surface area contributed by atoms with E-state index in [-0.39, 0.29) is 17.6 Å². The summed E-state index contributed by atoms with van der Waals surface area (Å²) in [7, 11) is 0. The lowest BCUT2D eigenvalue weighted by molar-refractivity contribution is -0.121. The van der Waals surface area contributed by atoms with Crippen LogP contribution in [0.2, 0.25) is 0 Å². The third-order valence-corrected chi connectivity index (χ3v) is 3.10. The Hall–Kier alpha value is -0.610. The Kier molecular flexibility index (Phi) is 5.22. The van der Waals surface area contributed by atoms with Crippen LogP contribution in [0.25, 0.3) is 0 Å². The van der Waals surface area contributed by atoms with Crippen LogP contribution in [0.3, 0.4) is 0 Å². The molecule has 0 aromatic heterocycles. The van der Waals surface area contributed by atoms with Gasteiger partial charge in [-0.3, -0.25) is 4.79 Å². The molecule has 1 aliphatic rings. The zero-order chi connectivity index (χ0) is 12.0. The monoisotopic (exact) mass is 228 g/mol. The predicted octanol–water partition coefficient (Wildman–Crippen LogP) is 1.06. The SMILES string of the molecule is CCC(C)NC(=O)CNCC1(C)CCCO1. The van der Waals surface area contributed by atoms with E-state index >= 15 is 0 Å². The fourth-order valence-electron chi connectivity index (χ4n) is 1.84. The van der Waals surface area contributed by atoms with Gasteiger partial charge >= 0.3 is 0 Å². The molecule has 94 valence electrons. The van der Waals surface area contributed by atoms with Crippen molar-refractivity contribution < 1.29 is 9.53 Å². The number of hydrogen-bond acceptors (Lipinski definition) is 3. The zero-order valence-corrected chi connectivity index (χ0v) is 10.6. The van der Waals surface area contributed by atoms with Crippen molar-refractivity contribution >= 4 is 5.91 Å². The molecule has 0 aromatic rings. The van der Waals surface area contributed by atoms with Gasteiger partial charge in [-0.25, -0.2) is 0 Å². The highest BCUT2D eigenvalue weighted by Crippen LogP contribution is 2.23. The number of rotatable bonds is 6. The second kappa shape index (κ2) is 6.21. The van der Waals surface area contributed by atoms with Crippen LogP contribution in [-0.4, -0.2) is 37.2 Å². The van der Waals surface area contributed by atoms with E-state index < -0.39 is 0 Å². The largest absolute Gasteiger partial charge is 0.374 e. The lowest BCUT2D eigenvalue weighted by Crippen LogP contribution is -2.43. The molecular weight excluding hydrogens is 204 g/mol. The van der Waals surface area contributed by atoms with Crippen LogP contribution in [0.15, 0.2) is 0 Å². The van der Waals surface area contributed by atoms with Crippen LogP contribution in [0.1, 0.15) is 40.0 Å². The molecule has 16 heavy (non-hydrogen) atoms. The Bertz CT molecular complexity index is 225. The summed E-state index contributed by atoms with van der Waals surface area (Å²) < 4.78 is 5.63. The maximum Gasteiger partial charge on any atom is 0.234 e. The first-order valence-corrected chi connectivity index (χ1v) is 6.20. The molecule has 4 nitrogen and oxygen atoms in total. The minimum Gasteiger partial charge on any atom is -0.374 e. The topological polar surface area (TPSA) is 50.4 Å². The van der Waals surface area contributed by atoms with Gasteiger partial charge in [-0.15, -0.1) is 0 Å². The number of carbonyl (C=O) groups excluding carboxylic acids is 1. The molecule has 4 heteroatoms. The van der Waals surface area contributed by atoms with E-state index in [1.807, 2.05) is 6.92 Å². The van der Waals surface area contributed by atoms with E-state index in [0.717, 1.165) is 32.4 Å². The summed E-state index contributed by atoms with van der Waals surface area (Å²) in [6, 6.07) is 0.257. The molecule has 1 rings (SSSR count). The lowest BCUT2D eigenvalue weighted by Gasteiger charge is -2.23. The first-order chi connectivity index (χ1) is 7.56. The molecule has 0 aliphatic carbocycles. The average Bonchev–Trinajstić information content (AvgIpc) is 2.65. The van der Waals surface area contributed by atoms with E-state index in [1.54, 1.807) is 0 Å². The summed E-state index contributed by atoms with van der Waals surface area (Å²) >= 11 is 0. The van der Waals surface area contributed by atoms with Crippen LogP contribution in [0, 0.1) is 0 Å². The van der Waals surface area contributed by atoms with Crippen LogP contribution in [-0.2, 0) is 9.53 Å². The second-order valence-electron chi connectivity index (χ2n) is 4.88. The van der Waals surface area contributed by atoms with Crippen LogP contribution in [0.4, 0.5) is 0 Å². The van der Waals surface area contributed by atoms with Crippen molar-refractivity contribution in [1.29, 1.82) is 0 Å². The maximum absolute atomic E-state index is 11.5. The Balaban J connectivity index is 2.12. The number of hydrogen-bond donors (Lipinski definition) is 2. The van der Waals surface area contributed by atoms with Gasteiger partial charge in [-0.2, -0.15) is 0 Å². The number of ether oxygens (including phenoxy) is 1.